The molecule has 0 aliphatic heterocycles. The molecule has 0 radical (unpaired) electrons. The fourth-order valence-corrected chi connectivity index (χ4v) is 2.42. The predicted octanol–water partition coefficient (Wildman–Crippen LogP) is 4.37. The minimum absolute atomic E-state index is 0.632. The molecule has 0 bridgehead atoms. The Morgan fingerprint density at radius 2 is 2.00 bits per heavy atom. The Morgan fingerprint density at radius 3 is 2.53 bits per heavy atom. The van der Waals surface area contributed by atoms with Crippen LogP contribution in [0.4, 0.5) is 5.13 Å². The first kappa shape index (κ1) is 12.1. The van der Waals surface area contributed by atoms with Crippen molar-refractivity contribution in [3.63, 3.8) is 0 Å². The lowest BCUT2D eigenvalue weighted by Gasteiger charge is -2.08. The second kappa shape index (κ2) is 5.32. The number of nitrogens with one attached hydrogen (secondary N) is 1. The molecule has 0 amide bonds. The summed E-state index contributed by atoms with van der Waals surface area (Å²) in [6.07, 6.45) is 1.18. The molecule has 2 aromatic rings. The molecule has 1 aromatic heterocycles. The molecule has 0 saturated heterocycles. The van der Waals surface area contributed by atoms with E-state index in [-0.39, 0.29) is 0 Å². The summed E-state index contributed by atoms with van der Waals surface area (Å²) in [5.74, 6) is 0.632. The minimum atomic E-state index is 0.632. The summed E-state index contributed by atoms with van der Waals surface area (Å²) in [5, 5.41) is 6.11. The summed E-state index contributed by atoms with van der Waals surface area (Å²) in [6, 6.07) is 8.75. The van der Waals surface area contributed by atoms with Gasteiger partial charge in [-0.1, -0.05) is 38.1 Å². The van der Waals surface area contributed by atoms with E-state index in [1.54, 1.807) is 11.3 Å². The molecule has 0 spiro atoms. The van der Waals surface area contributed by atoms with E-state index >= 15 is 0 Å². The van der Waals surface area contributed by atoms with Crippen molar-refractivity contribution < 1.29 is 0 Å². The van der Waals surface area contributed by atoms with Crippen molar-refractivity contribution in [3.8, 4) is 11.3 Å². The second-order valence-electron chi connectivity index (χ2n) is 4.22. The minimum Gasteiger partial charge on any atom is -0.365 e. The first-order valence-electron chi connectivity index (χ1n) is 5.98. The Morgan fingerprint density at radius 1 is 1.29 bits per heavy atom. The van der Waals surface area contributed by atoms with E-state index < -0.39 is 0 Å². The Kier molecular flexibility index (Phi) is 3.79. The summed E-state index contributed by atoms with van der Waals surface area (Å²) in [5.41, 5.74) is 3.64. The van der Waals surface area contributed by atoms with Crippen LogP contribution >= 0.6 is 11.3 Å². The SMILES string of the molecule is CCC(C)c1ccc(-c2csc(NC)n2)cc1. The molecule has 17 heavy (non-hydrogen) atoms. The van der Waals surface area contributed by atoms with Crippen LogP contribution in [0.25, 0.3) is 11.3 Å². The van der Waals surface area contributed by atoms with Gasteiger partial charge in [0, 0.05) is 18.0 Å². The zero-order chi connectivity index (χ0) is 12.3. The van der Waals surface area contributed by atoms with Crippen LogP contribution in [0.5, 0.6) is 0 Å². The second-order valence-corrected chi connectivity index (χ2v) is 5.08. The van der Waals surface area contributed by atoms with Crippen molar-refractivity contribution in [2.75, 3.05) is 12.4 Å². The molecule has 1 unspecified atom stereocenters. The summed E-state index contributed by atoms with van der Waals surface area (Å²) < 4.78 is 0. The molecule has 1 N–H and O–H groups in total. The summed E-state index contributed by atoms with van der Waals surface area (Å²) in [4.78, 5) is 4.50. The molecule has 0 aliphatic rings. The van der Waals surface area contributed by atoms with E-state index in [0.29, 0.717) is 5.92 Å². The van der Waals surface area contributed by atoms with Crippen molar-refractivity contribution >= 4 is 16.5 Å². The van der Waals surface area contributed by atoms with Gasteiger partial charge in [0.1, 0.15) is 0 Å². The van der Waals surface area contributed by atoms with Crippen LogP contribution in [0.2, 0.25) is 0 Å². The number of benzene rings is 1. The van der Waals surface area contributed by atoms with Crippen molar-refractivity contribution in [2.24, 2.45) is 0 Å². The molecule has 1 aromatic carbocycles. The highest BCUT2D eigenvalue weighted by atomic mass is 32.1. The first-order valence-corrected chi connectivity index (χ1v) is 6.86. The quantitative estimate of drug-likeness (QED) is 0.866. The van der Waals surface area contributed by atoms with Crippen LogP contribution in [0, 0.1) is 0 Å². The third kappa shape index (κ3) is 2.67. The summed E-state index contributed by atoms with van der Waals surface area (Å²) in [6.45, 7) is 4.48. The number of hydrogen-bond donors (Lipinski definition) is 1. The Labute approximate surface area is 107 Å². The van der Waals surface area contributed by atoms with Crippen LogP contribution in [0.15, 0.2) is 29.6 Å². The van der Waals surface area contributed by atoms with Crippen LogP contribution in [0.1, 0.15) is 31.7 Å². The third-order valence-electron chi connectivity index (χ3n) is 3.11. The number of thiazole rings is 1. The number of rotatable bonds is 4. The molecular weight excluding hydrogens is 228 g/mol. The van der Waals surface area contributed by atoms with E-state index in [9.17, 15) is 0 Å². The average molecular weight is 246 g/mol. The van der Waals surface area contributed by atoms with Crippen LogP contribution < -0.4 is 5.32 Å². The predicted molar refractivity (Wildman–Crippen MR) is 75.8 cm³/mol. The van der Waals surface area contributed by atoms with Gasteiger partial charge in [-0.2, -0.15) is 0 Å². The van der Waals surface area contributed by atoms with Gasteiger partial charge >= 0.3 is 0 Å². The van der Waals surface area contributed by atoms with Crippen LogP contribution in [-0.4, -0.2) is 12.0 Å². The normalized spacial score (nSPS) is 12.4. The van der Waals surface area contributed by atoms with Crippen LogP contribution in [-0.2, 0) is 0 Å². The van der Waals surface area contributed by atoms with Crippen molar-refractivity contribution in [1.29, 1.82) is 0 Å². The zero-order valence-corrected chi connectivity index (χ0v) is 11.3. The van der Waals surface area contributed by atoms with Gasteiger partial charge < -0.3 is 5.32 Å². The third-order valence-corrected chi connectivity index (χ3v) is 3.97. The van der Waals surface area contributed by atoms with Gasteiger partial charge in [0.15, 0.2) is 5.13 Å². The zero-order valence-electron chi connectivity index (χ0n) is 10.5. The molecule has 0 aliphatic carbocycles. The standard InChI is InChI=1S/C14H18N2S/c1-4-10(2)11-5-7-12(8-6-11)13-9-17-14(15-3)16-13/h5-10H,4H2,1-3H3,(H,15,16). The highest BCUT2D eigenvalue weighted by molar-refractivity contribution is 7.14. The molecule has 90 valence electrons. The van der Waals surface area contributed by atoms with Gasteiger partial charge in [-0.05, 0) is 17.9 Å². The maximum Gasteiger partial charge on any atom is 0.182 e. The van der Waals surface area contributed by atoms with Crippen molar-refractivity contribution in [1.82, 2.24) is 4.98 Å². The van der Waals surface area contributed by atoms with Gasteiger partial charge in [0.25, 0.3) is 0 Å². The van der Waals surface area contributed by atoms with Gasteiger partial charge in [-0.3, -0.25) is 0 Å². The number of hydrogen-bond acceptors (Lipinski definition) is 3. The van der Waals surface area contributed by atoms with Crippen LogP contribution in [0.3, 0.4) is 0 Å². The number of nitrogens with zero attached hydrogens (tertiary/aromatic N) is 1. The smallest absolute Gasteiger partial charge is 0.182 e. The van der Waals surface area contributed by atoms with Gasteiger partial charge in [-0.25, -0.2) is 4.98 Å². The summed E-state index contributed by atoms with van der Waals surface area (Å²) >= 11 is 1.64. The van der Waals surface area contributed by atoms with E-state index in [1.165, 1.54) is 17.5 Å². The van der Waals surface area contributed by atoms with Crippen molar-refractivity contribution in [2.45, 2.75) is 26.2 Å². The van der Waals surface area contributed by atoms with Crippen molar-refractivity contribution in [3.05, 3.63) is 35.2 Å². The molecule has 2 nitrogen and oxygen atoms in total. The maximum absolute atomic E-state index is 4.50. The molecule has 3 heteroatoms. The molecule has 2 rings (SSSR count). The van der Waals surface area contributed by atoms with E-state index in [4.69, 9.17) is 0 Å². The highest BCUT2D eigenvalue weighted by Crippen LogP contribution is 2.26. The van der Waals surface area contributed by atoms with Gasteiger partial charge in [0.05, 0.1) is 5.69 Å². The highest BCUT2D eigenvalue weighted by Gasteiger charge is 2.05. The van der Waals surface area contributed by atoms with Gasteiger partial charge in [-0.15, -0.1) is 11.3 Å². The lowest BCUT2D eigenvalue weighted by atomic mass is 9.97. The topological polar surface area (TPSA) is 24.9 Å². The van der Waals surface area contributed by atoms with E-state index in [0.717, 1.165) is 10.8 Å². The molecular formula is C14H18N2S. The monoisotopic (exact) mass is 246 g/mol. The lowest BCUT2D eigenvalue weighted by Crippen LogP contribution is -1.91. The molecule has 1 heterocycles. The molecule has 0 saturated carbocycles. The fourth-order valence-electron chi connectivity index (χ4n) is 1.74. The average Bonchev–Trinajstić information content (AvgIpc) is 2.87. The first-order chi connectivity index (χ1) is 8.24. The number of anilines is 1. The lowest BCUT2D eigenvalue weighted by molar-refractivity contribution is 0.734. The summed E-state index contributed by atoms with van der Waals surface area (Å²) in [7, 11) is 1.90. The van der Waals surface area contributed by atoms with E-state index in [2.05, 4.69) is 53.8 Å². The number of aromatic nitrogens is 1. The van der Waals surface area contributed by atoms with E-state index in [1.807, 2.05) is 7.05 Å². The Hall–Kier alpha value is -1.35. The largest absolute Gasteiger partial charge is 0.365 e. The fraction of sp³-hybridized carbons (Fsp3) is 0.357. The maximum atomic E-state index is 4.50. The van der Waals surface area contributed by atoms with Gasteiger partial charge in [0.2, 0.25) is 0 Å². The Bertz CT molecular complexity index is 473. The molecule has 1 atom stereocenters. The molecule has 0 fully saturated rings. The Balaban J connectivity index is 2.22.